The molecule has 3 aromatic rings. The second-order valence-corrected chi connectivity index (χ2v) is 8.06. The lowest BCUT2D eigenvalue weighted by atomic mass is 9.92. The molecular weight excluding hydrogens is 356 g/mol. The first-order valence-electron chi connectivity index (χ1n) is 10.7. The van der Waals surface area contributed by atoms with Crippen LogP contribution in [0.25, 0.3) is 11.1 Å². The highest BCUT2D eigenvalue weighted by Crippen LogP contribution is 2.35. The average Bonchev–Trinajstić information content (AvgIpc) is 3.28. The lowest BCUT2D eigenvalue weighted by molar-refractivity contribution is 0.301. The Morgan fingerprint density at radius 3 is 2.55 bits per heavy atom. The predicted molar refractivity (Wildman–Crippen MR) is 118 cm³/mol. The van der Waals surface area contributed by atoms with E-state index in [1.807, 2.05) is 0 Å². The normalized spacial score (nSPS) is 20.8. The summed E-state index contributed by atoms with van der Waals surface area (Å²) < 4.78 is 6.02. The highest BCUT2D eigenvalue weighted by Gasteiger charge is 2.26. The maximum atomic E-state index is 6.02. The van der Waals surface area contributed by atoms with Crippen molar-refractivity contribution in [1.82, 2.24) is 10.6 Å². The molecule has 5 rings (SSSR count). The van der Waals surface area contributed by atoms with Crippen molar-refractivity contribution in [2.24, 2.45) is 0 Å². The molecule has 2 aliphatic rings. The van der Waals surface area contributed by atoms with Gasteiger partial charge in [0.25, 0.3) is 0 Å². The Hall–Kier alpha value is -2.62. The average molecular weight is 385 g/mol. The van der Waals surface area contributed by atoms with E-state index in [1.165, 1.54) is 40.7 Å². The van der Waals surface area contributed by atoms with E-state index in [0.29, 0.717) is 12.1 Å². The Labute approximate surface area is 173 Å². The molecule has 29 heavy (non-hydrogen) atoms. The number of nitrogens with one attached hydrogen (secondary N) is 2. The Bertz CT molecular complexity index is 955. The summed E-state index contributed by atoms with van der Waals surface area (Å²) in [5.74, 6) is 1.09. The minimum absolute atomic E-state index is 0.358. The quantitative estimate of drug-likeness (QED) is 0.658. The van der Waals surface area contributed by atoms with E-state index < -0.39 is 0 Å². The molecule has 3 nitrogen and oxygen atoms in total. The summed E-state index contributed by atoms with van der Waals surface area (Å²) in [5, 5.41) is 7.57. The van der Waals surface area contributed by atoms with Crippen LogP contribution in [-0.2, 0) is 13.0 Å². The standard InChI is InChI=1S/C26H28N2O/c1-3-8-19(9-4-1)22-16-21-13-15-29-26(21)23(17-22)18-28-24-12-7-14-27-25(24)20-10-5-2-6-11-20/h1-6,8-11,16-17,24-25,27-28H,7,12-15,18H2/t24-,25-/m0/s1. The Balaban J connectivity index is 1.39. The molecule has 2 heterocycles. The fraction of sp³-hybridized carbons (Fsp3) is 0.308. The number of hydrogen-bond acceptors (Lipinski definition) is 3. The van der Waals surface area contributed by atoms with Gasteiger partial charge in [0.05, 0.1) is 6.61 Å². The highest BCUT2D eigenvalue weighted by atomic mass is 16.5. The van der Waals surface area contributed by atoms with Gasteiger partial charge in [-0.25, -0.2) is 0 Å². The van der Waals surface area contributed by atoms with E-state index in [-0.39, 0.29) is 0 Å². The molecule has 3 heteroatoms. The van der Waals surface area contributed by atoms with Crippen LogP contribution >= 0.6 is 0 Å². The lowest BCUT2D eigenvalue weighted by Gasteiger charge is -2.34. The molecular formula is C26H28N2O. The first-order chi connectivity index (χ1) is 14.4. The summed E-state index contributed by atoms with van der Waals surface area (Å²) in [6.45, 7) is 2.70. The molecule has 0 bridgehead atoms. The molecule has 2 N–H and O–H groups in total. The van der Waals surface area contributed by atoms with Crippen LogP contribution in [0, 0.1) is 0 Å². The molecule has 0 saturated carbocycles. The second kappa shape index (κ2) is 8.40. The first-order valence-corrected chi connectivity index (χ1v) is 10.7. The molecule has 3 aromatic carbocycles. The molecule has 0 aromatic heterocycles. The fourth-order valence-corrected chi connectivity index (χ4v) is 4.68. The summed E-state index contributed by atoms with van der Waals surface area (Å²) in [5.41, 5.74) is 6.53. The zero-order valence-corrected chi connectivity index (χ0v) is 16.7. The molecule has 1 saturated heterocycles. The lowest BCUT2D eigenvalue weighted by Crippen LogP contribution is -2.45. The SMILES string of the molecule is c1ccc(-c2cc3c(c(CN[C@H]4CCCN[C@H]4c4ccccc4)c2)OCC3)cc1. The van der Waals surface area contributed by atoms with Gasteiger partial charge in [-0.1, -0.05) is 60.7 Å². The van der Waals surface area contributed by atoms with Crippen molar-refractivity contribution in [2.45, 2.75) is 37.9 Å². The number of hydrogen-bond donors (Lipinski definition) is 2. The van der Waals surface area contributed by atoms with E-state index in [9.17, 15) is 0 Å². The zero-order valence-electron chi connectivity index (χ0n) is 16.7. The third-order valence-electron chi connectivity index (χ3n) is 6.14. The van der Waals surface area contributed by atoms with E-state index >= 15 is 0 Å². The molecule has 0 aliphatic carbocycles. The summed E-state index contributed by atoms with van der Waals surface area (Å²) in [6, 6.07) is 26.9. The van der Waals surface area contributed by atoms with Crippen LogP contribution in [0.1, 0.15) is 35.6 Å². The van der Waals surface area contributed by atoms with Gasteiger partial charge in [-0.2, -0.15) is 0 Å². The zero-order chi connectivity index (χ0) is 19.5. The van der Waals surface area contributed by atoms with Crippen molar-refractivity contribution in [3.8, 4) is 16.9 Å². The third-order valence-corrected chi connectivity index (χ3v) is 6.14. The number of piperidine rings is 1. The van der Waals surface area contributed by atoms with Crippen molar-refractivity contribution >= 4 is 0 Å². The predicted octanol–water partition coefficient (Wildman–Crippen LogP) is 4.87. The maximum absolute atomic E-state index is 6.02. The molecule has 0 amide bonds. The van der Waals surface area contributed by atoms with Gasteiger partial charge in [0.1, 0.15) is 5.75 Å². The molecule has 0 radical (unpaired) electrons. The summed E-state index contributed by atoms with van der Waals surface area (Å²) >= 11 is 0. The van der Waals surface area contributed by atoms with Gasteiger partial charge in [-0.15, -0.1) is 0 Å². The van der Waals surface area contributed by atoms with Crippen LogP contribution in [0.4, 0.5) is 0 Å². The topological polar surface area (TPSA) is 33.3 Å². The van der Waals surface area contributed by atoms with Gasteiger partial charge in [0.15, 0.2) is 0 Å². The van der Waals surface area contributed by atoms with Crippen LogP contribution in [0.3, 0.4) is 0 Å². The molecule has 0 spiro atoms. The molecule has 1 fully saturated rings. The van der Waals surface area contributed by atoms with Crippen molar-refractivity contribution < 1.29 is 4.74 Å². The van der Waals surface area contributed by atoms with Crippen LogP contribution in [0.5, 0.6) is 5.75 Å². The minimum atomic E-state index is 0.358. The van der Waals surface area contributed by atoms with Gasteiger partial charge >= 0.3 is 0 Å². The Morgan fingerprint density at radius 2 is 1.72 bits per heavy atom. The third kappa shape index (κ3) is 3.93. The fourth-order valence-electron chi connectivity index (χ4n) is 4.68. The van der Waals surface area contributed by atoms with E-state index in [4.69, 9.17) is 4.74 Å². The molecule has 2 aliphatic heterocycles. The first kappa shape index (κ1) is 18.4. The Morgan fingerprint density at radius 1 is 0.931 bits per heavy atom. The van der Waals surface area contributed by atoms with Crippen LogP contribution in [0.2, 0.25) is 0 Å². The maximum Gasteiger partial charge on any atom is 0.127 e. The van der Waals surface area contributed by atoms with Crippen LogP contribution < -0.4 is 15.4 Å². The Kier molecular flexibility index (Phi) is 5.33. The van der Waals surface area contributed by atoms with Gasteiger partial charge in [0, 0.05) is 30.6 Å². The van der Waals surface area contributed by atoms with E-state index in [0.717, 1.165) is 31.9 Å². The number of rotatable bonds is 5. The van der Waals surface area contributed by atoms with E-state index in [1.54, 1.807) is 0 Å². The van der Waals surface area contributed by atoms with Crippen molar-refractivity contribution in [2.75, 3.05) is 13.2 Å². The van der Waals surface area contributed by atoms with Gasteiger partial charge in [-0.3, -0.25) is 0 Å². The van der Waals surface area contributed by atoms with Crippen molar-refractivity contribution in [3.63, 3.8) is 0 Å². The number of benzene rings is 3. The molecule has 148 valence electrons. The smallest absolute Gasteiger partial charge is 0.127 e. The van der Waals surface area contributed by atoms with Crippen molar-refractivity contribution in [1.29, 1.82) is 0 Å². The van der Waals surface area contributed by atoms with Crippen LogP contribution in [-0.4, -0.2) is 19.2 Å². The monoisotopic (exact) mass is 384 g/mol. The molecule has 0 unspecified atom stereocenters. The van der Waals surface area contributed by atoms with Gasteiger partial charge < -0.3 is 15.4 Å². The molecule has 2 atom stereocenters. The summed E-state index contributed by atoms with van der Waals surface area (Å²) in [6.07, 6.45) is 3.40. The van der Waals surface area contributed by atoms with Gasteiger partial charge in [-0.05, 0) is 53.8 Å². The van der Waals surface area contributed by atoms with Crippen molar-refractivity contribution in [3.05, 3.63) is 89.5 Å². The number of ether oxygens (including phenoxy) is 1. The van der Waals surface area contributed by atoms with E-state index in [2.05, 4.69) is 83.4 Å². The largest absolute Gasteiger partial charge is 0.493 e. The van der Waals surface area contributed by atoms with Gasteiger partial charge in [0.2, 0.25) is 0 Å². The summed E-state index contributed by atoms with van der Waals surface area (Å²) in [7, 11) is 0. The van der Waals surface area contributed by atoms with Crippen LogP contribution in [0.15, 0.2) is 72.8 Å². The number of fused-ring (bicyclic) bond motifs is 1. The summed E-state index contributed by atoms with van der Waals surface area (Å²) in [4.78, 5) is 0. The minimum Gasteiger partial charge on any atom is -0.493 e. The second-order valence-electron chi connectivity index (χ2n) is 8.06. The highest BCUT2D eigenvalue weighted by molar-refractivity contribution is 5.68.